The van der Waals surface area contributed by atoms with Crippen LogP contribution >= 0.6 is 0 Å². The Morgan fingerprint density at radius 1 is 0.533 bits per heavy atom. The van der Waals surface area contributed by atoms with E-state index in [1.165, 1.54) is 83.5 Å². The summed E-state index contributed by atoms with van der Waals surface area (Å²) in [5.74, 6) is -0.842. The zero-order chi connectivity index (χ0) is 43.7. The van der Waals surface area contributed by atoms with Gasteiger partial charge in [0.1, 0.15) is 31.0 Å². The summed E-state index contributed by atoms with van der Waals surface area (Å²) in [6.45, 7) is 3.28. The zero-order valence-electron chi connectivity index (χ0n) is 37.7. The first-order chi connectivity index (χ1) is 29.3. The first-order valence-corrected chi connectivity index (χ1v) is 23.9. The Hall–Kier alpha value is -2.60. The molecule has 1 saturated heterocycles. The van der Waals surface area contributed by atoms with Crippen LogP contribution in [-0.2, 0) is 28.5 Å². The van der Waals surface area contributed by atoms with Crippen LogP contribution in [0.1, 0.15) is 187 Å². The molecule has 1 aliphatic heterocycles. The minimum absolute atomic E-state index is 0.190. The highest BCUT2D eigenvalue weighted by Gasteiger charge is 2.44. The third kappa shape index (κ3) is 31.3. The van der Waals surface area contributed by atoms with E-state index in [9.17, 15) is 30.0 Å². The second-order valence-corrected chi connectivity index (χ2v) is 16.2. The fourth-order valence-corrected chi connectivity index (χ4v) is 6.92. The van der Waals surface area contributed by atoms with Gasteiger partial charge in [0.05, 0.1) is 13.2 Å². The van der Waals surface area contributed by atoms with Gasteiger partial charge in [0, 0.05) is 12.8 Å². The predicted molar refractivity (Wildman–Crippen MR) is 242 cm³/mol. The molecule has 4 N–H and O–H groups in total. The lowest BCUT2D eigenvalue weighted by Crippen LogP contribution is -2.59. The highest BCUT2D eigenvalue weighted by Crippen LogP contribution is 2.23. The summed E-state index contributed by atoms with van der Waals surface area (Å²) in [6.07, 6.45) is 42.2. The van der Waals surface area contributed by atoms with E-state index in [1.807, 2.05) is 0 Å². The maximum Gasteiger partial charge on any atom is 0.306 e. The van der Waals surface area contributed by atoms with Crippen LogP contribution in [0.25, 0.3) is 0 Å². The standard InChI is InChI=1S/C50H86O10/c1-3-5-7-9-11-13-15-17-19-21-22-23-25-27-29-31-33-35-37-39-46(53)59-43(42-58-50-49(56)48(55)47(54)44(40-51)60-50)41-57-45(52)38-36-34-32-30-28-26-24-20-18-16-14-12-10-8-6-4-2/h5,7,11,13,17,19,22-23,27,29,43-44,47-51,54-56H,3-4,6,8-10,12,14-16,18,20-21,24-26,28,30-42H2,1-2H3/b7-5-,13-11-,19-17-,23-22-,29-27-. The van der Waals surface area contributed by atoms with Gasteiger partial charge in [0.25, 0.3) is 0 Å². The Labute approximate surface area is 364 Å². The van der Waals surface area contributed by atoms with E-state index < -0.39 is 49.4 Å². The third-order valence-electron chi connectivity index (χ3n) is 10.7. The molecule has 0 aromatic carbocycles. The topological polar surface area (TPSA) is 152 Å². The molecule has 10 heteroatoms. The number of ether oxygens (including phenoxy) is 4. The minimum Gasteiger partial charge on any atom is -0.462 e. The monoisotopic (exact) mass is 847 g/mol. The largest absolute Gasteiger partial charge is 0.462 e. The van der Waals surface area contributed by atoms with Gasteiger partial charge < -0.3 is 39.4 Å². The smallest absolute Gasteiger partial charge is 0.306 e. The molecule has 1 aliphatic rings. The predicted octanol–water partition coefficient (Wildman–Crippen LogP) is 10.6. The Morgan fingerprint density at radius 3 is 1.48 bits per heavy atom. The van der Waals surface area contributed by atoms with Crippen molar-refractivity contribution in [3.05, 3.63) is 60.8 Å². The van der Waals surface area contributed by atoms with E-state index in [-0.39, 0.29) is 32.0 Å². The van der Waals surface area contributed by atoms with E-state index >= 15 is 0 Å². The first kappa shape index (κ1) is 55.4. The van der Waals surface area contributed by atoms with E-state index in [0.29, 0.717) is 6.42 Å². The summed E-state index contributed by atoms with van der Waals surface area (Å²) >= 11 is 0. The molecule has 0 aliphatic carbocycles. The number of carbonyl (C=O) groups is 2. The maximum absolute atomic E-state index is 12.8. The molecule has 0 spiro atoms. The molecule has 60 heavy (non-hydrogen) atoms. The third-order valence-corrected chi connectivity index (χ3v) is 10.7. The summed E-state index contributed by atoms with van der Waals surface area (Å²) < 4.78 is 22.2. The molecular weight excluding hydrogens is 761 g/mol. The number of hydrogen-bond acceptors (Lipinski definition) is 10. The summed E-state index contributed by atoms with van der Waals surface area (Å²) in [5.41, 5.74) is 0. The lowest BCUT2D eigenvalue weighted by Gasteiger charge is -2.39. The number of rotatable bonds is 39. The number of esters is 2. The second kappa shape index (κ2) is 40.5. The van der Waals surface area contributed by atoms with Crippen molar-refractivity contribution in [2.45, 2.75) is 224 Å². The molecule has 1 fully saturated rings. The molecule has 10 nitrogen and oxygen atoms in total. The quantitative estimate of drug-likeness (QED) is 0.0267. The van der Waals surface area contributed by atoms with Gasteiger partial charge in [-0.05, 0) is 57.8 Å². The molecule has 0 aromatic rings. The summed E-state index contributed by atoms with van der Waals surface area (Å²) in [6, 6.07) is 0. The van der Waals surface area contributed by atoms with Crippen molar-refractivity contribution in [3.63, 3.8) is 0 Å². The van der Waals surface area contributed by atoms with E-state index in [1.54, 1.807) is 0 Å². The lowest BCUT2D eigenvalue weighted by atomic mass is 9.99. The van der Waals surface area contributed by atoms with Crippen molar-refractivity contribution >= 4 is 11.9 Å². The summed E-state index contributed by atoms with van der Waals surface area (Å²) in [7, 11) is 0. The Bertz CT molecular complexity index is 1160. The molecule has 1 heterocycles. The van der Waals surface area contributed by atoms with E-state index in [0.717, 1.165) is 70.6 Å². The van der Waals surface area contributed by atoms with Crippen molar-refractivity contribution in [2.24, 2.45) is 0 Å². The van der Waals surface area contributed by atoms with Gasteiger partial charge in [-0.2, -0.15) is 0 Å². The van der Waals surface area contributed by atoms with Crippen LogP contribution in [0.5, 0.6) is 0 Å². The van der Waals surface area contributed by atoms with Crippen molar-refractivity contribution in [1.82, 2.24) is 0 Å². The molecule has 346 valence electrons. The molecule has 0 radical (unpaired) electrons. The number of aliphatic hydroxyl groups excluding tert-OH is 4. The number of allylic oxidation sites excluding steroid dienone is 10. The van der Waals surface area contributed by atoms with Crippen molar-refractivity contribution in [3.8, 4) is 0 Å². The number of hydrogen-bond donors (Lipinski definition) is 4. The Kier molecular flexibility index (Phi) is 37.4. The van der Waals surface area contributed by atoms with Crippen LogP contribution in [0.15, 0.2) is 60.8 Å². The second-order valence-electron chi connectivity index (χ2n) is 16.2. The molecule has 1 rings (SSSR count). The SMILES string of the molecule is CC/C=C\C/C=C\C/C=C\C/C=C\C/C=C\CCCCCC(=O)OC(COC(=O)CCCCCCCCCCCCCCCCCC)COC1OC(CO)C(O)C(O)C1O. The van der Waals surface area contributed by atoms with Crippen LogP contribution in [0.3, 0.4) is 0 Å². The fraction of sp³-hybridized carbons (Fsp3) is 0.760. The van der Waals surface area contributed by atoms with E-state index in [2.05, 4.69) is 74.6 Å². The van der Waals surface area contributed by atoms with Crippen LogP contribution in [-0.4, -0.2) is 89.0 Å². The fourth-order valence-electron chi connectivity index (χ4n) is 6.92. The Morgan fingerprint density at radius 2 is 0.983 bits per heavy atom. The molecule has 0 amide bonds. The molecule has 0 aromatic heterocycles. The molecular formula is C50H86O10. The molecule has 6 unspecified atom stereocenters. The van der Waals surface area contributed by atoms with Gasteiger partial charge in [-0.1, -0.05) is 177 Å². The number of aliphatic hydroxyl groups is 4. The van der Waals surface area contributed by atoms with Crippen LogP contribution < -0.4 is 0 Å². The van der Waals surface area contributed by atoms with Crippen molar-refractivity contribution < 1.29 is 49.0 Å². The highest BCUT2D eigenvalue weighted by molar-refractivity contribution is 5.70. The molecule has 0 saturated carbocycles. The van der Waals surface area contributed by atoms with Gasteiger partial charge in [-0.3, -0.25) is 9.59 Å². The number of unbranched alkanes of at least 4 members (excludes halogenated alkanes) is 18. The number of carbonyl (C=O) groups excluding carboxylic acids is 2. The average molecular weight is 847 g/mol. The zero-order valence-corrected chi connectivity index (χ0v) is 37.7. The van der Waals surface area contributed by atoms with Gasteiger partial charge in [0.15, 0.2) is 12.4 Å². The van der Waals surface area contributed by atoms with Gasteiger partial charge in [-0.25, -0.2) is 0 Å². The Balaban J connectivity index is 2.33. The molecule has 6 atom stereocenters. The van der Waals surface area contributed by atoms with Crippen LogP contribution in [0.2, 0.25) is 0 Å². The van der Waals surface area contributed by atoms with E-state index in [4.69, 9.17) is 18.9 Å². The summed E-state index contributed by atoms with van der Waals surface area (Å²) in [5, 5.41) is 40.1. The summed E-state index contributed by atoms with van der Waals surface area (Å²) in [4.78, 5) is 25.4. The van der Waals surface area contributed by atoms with Gasteiger partial charge >= 0.3 is 11.9 Å². The van der Waals surface area contributed by atoms with Gasteiger partial charge in [0.2, 0.25) is 0 Å². The minimum atomic E-state index is -1.60. The lowest BCUT2D eigenvalue weighted by molar-refractivity contribution is -0.305. The van der Waals surface area contributed by atoms with Crippen molar-refractivity contribution in [1.29, 1.82) is 0 Å². The van der Waals surface area contributed by atoms with Gasteiger partial charge in [-0.15, -0.1) is 0 Å². The maximum atomic E-state index is 12.8. The average Bonchev–Trinajstić information content (AvgIpc) is 3.25. The highest BCUT2D eigenvalue weighted by atomic mass is 16.7. The normalized spacial score (nSPS) is 20.4. The van der Waals surface area contributed by atoms with Crippen molar-refractivity contribution in [2.75, 3.05) is 19.8 Å². The van der Waals surface area contributed by atoms with Crippen LogP contribution in [0.4, 0.5) is 0 Å². The van der Waals surface area contributed by atoms with Crippen LogP contribution in [0, 0.1) is 0 Å². The first-order valence-electron chi connectivity index (χ1n) is 23.9. The molecule has 0 bridgehead atoms.